The molecule has 0 aliphatic heterocycles. The Morgan fingerprint density at radius 1 is 1.35 bits per heavy atom. The summed E-state index contributed by atoms with van der Waals surface area (Å²) in [4.78, 5) is 20.7. The van der Waals surface area contributed by atoms with E-state index in [1.54, 1.807) is 0 Å². The Bertz CT molecular complexity index is 755. The number of aromatic amines is 1. The van der Waals surface area contributed by atoms with Crippen molar-refractivity contribution in [3.8, 4) is 0 Å². The molecule has 0 bridgehead atoms. The van der Waals surface area contributed by atoms with Gasteiger partial charge in [0.05, 0.1) is 10.9 Å². The molecule has 6 heteroatoms. The zero-order chi connectivity index (χ0) is 12.0. The second-order valence-corrected chi connectivity index (χ2v) is 4.01. The summed E-state index contributed by atoms with van der Waals surface area (Å²) in [6.45, 7) is 0. The summed E-state index contributed by atoms with van der Waals surface area (Å²) in [5.41, 5.74) is 1.97. The number of anilines is 1. The average molecular weight is 229 g/mol. The Kier molecular flexibility index (Phi) is 1.91. The molecule has 6 nitrogen and oxygen atoms in total. The quantitative estimate of drug-likeness (QED) is 0.665. The Balaban J connectivity index is 2.62. The van der Waals surface area contributed by atoms with E-state index in [1.165, 1.54) is 10.8 Å². The van der Waals surface area contributed by atoms with Gasteiger partial charge in [0.2, 0.25) is 0 Å². The third-order valence-corrected chi connectivity index (χ3v) is 2.72. The van der Waals surface area contributed by atoms with Crippen molar-refractivity contribution in [2.24, 2.45) is 0 Å². The zero-order valence-corrected chi connectivity index (χ0v) is 9.51. The number of H-pyrrole nitrogens is 1. The molecule has 0 radical (unpaired) electrons. The summed E-state index contributed by atoms with van der Waals surface area (Å²) in [5, 5.41) is 4.83. The number of aromatic nitrogens is 4. The smallest absolute Gasteiger partial charge is 0.370 e. The van der Waals surface area contributed by atoms with Crippen LogP contribution in [0.1, 0.15) is 0 Å². The third-order valence-electron chi connectivity index (χ3n) is 2.72. The number of benzene rings is 1. The second kappa shape index (κ2) is 3.31. The molecule has 3 aromatic rings. The van der Waals surface area contributed by atoms with Gasteiger partial charge in [-0.1, -0.05) is 6.07 Å². The van der Waals surface area contributed by atoms with Crippen LogP contribution in [0.3, 0.4) is 0 Å². The Morgan fingerprint density at radius 2 is 2.18 bits per heavy atom. The van der Waals surface area contributed by atoms with Crippen molar-refractivity contribution in [1.29, 1.82) is 0 Å². The minimum atomic E-state index is -0.371. The van der Waals surface area contributed by atoms with E-state index < -0.39 is 0 Å². The predicted molar refractivity (Wildman–Crippen MR) is 65.4 cm³/mol. The van der Waals surface area contributed by atoms with Gasteiger partial charge in [0.15, 0.2) is 0 Å². The predicted octanol–water partition coefficient (Wildman–Crippen LogP) is 0.637. The van der Waals surface area contributed by atoms with Gasteiger partial charge in [-0.3, -0.25) is 0 Å². The van der Waals surface area contributed by atoms with Crippen molar-refractivity contribution in [1.82, 2.24) is 19.6 Å². The topological polar surface area (TPSA) is 66.3 Å². The normalized spacial score (nSPS) is 11.2. The van der Waals surface area contributed by atoms with Crippen LogP contribution in [0.2, 0.25) is 0 Å². The number of nitrogens with zero attached hydrogens (tertiary/aromatic N) is 4. The molecule has 0 atom stereocenters. The fourth-order valence-electron chi connectivity index (χ4n) is 1.98. The average Bonchev–Trinajstić information content (AvgIpc) is 2.77. The van der Waals surface area contributed by atoms with Crippen LogP contribution in [-0.2, 0) is 0 Å². The van der Waals surface area contributed by atoms with Crippen LogP contribution in [0.25, 0.3) is 16.6 Å². The summed E-state index contributed by atoms with van der Waals surface area (Å²) in [6, 6.07) is 5.69. The molecular formula is C11H11N5O. The third kappa shape index (κ3) is 1.30. The van der Waals surface area contributed by atoms with Crippen LogP contribution in [0.15, 0.2) is 29.3 Å². The van der Waals surface area contributed by atoms with Crippen molar-refractivity contribution in [3.63, 3.8) is 0 Å². The van der Waals surface area contributed by atoms with Crippen LogP contribution >= 0.6 is 0 Å². The lowest BCUT2D eigenvalue weighted by Gasteiger charge is -2.14. The molecule has 0 aliphatic carbocycles. The molecule has 0 fully saturated rings. The number of hydrogen-bond donors (Lipinski definition) is 1. The molecule has 0 spiro atoms. The van der Waals surface area contributed by atoms with Crippen LogP contribution in [0.4, 0.5) is 5.69 Å². The van der Waals surface area contributed by atoms with Gasteiger partial charge in [0.25, 0.3) is 0 Å². The molecule has 2 heterocycles. The van der Waals surface area contributed by atoms with E-state index in [-0.39, 0.29) is 5.69 Å². The Morgan fingerprint density at radius 3 is 2.94 bits per heavy atom. The molecule has 86 valence electrons. The fourth-order valence-corrected chi connectivity index (χ4v) is 1.98. The van der Waals surface area contributed by atoms with E-state index in [0.717, 1.165) is 11.1 Å². The number of nitrogens with one attached hydrogen (secondary N) is 1. The van der Waals surface area contributed by atoms with Crippen molar-refractivity contribution >= 4 is 22.2 Å². The maximum Gasteiger partial charge on any atom is 0.370 e. The number of rotatable bonds is 1. The monoisotopic (exact) mass is 229 g/mol. The summed E-state index contributed by atoms with van der Waals surface area (Å²) >= 11 is 0. The largest absolute Gasteiger partial charge is 0.377 e. The summed E-state index contributed by atoms with van der Waals surface area (Å²) < 4.78 is 1.27. The fraction of sp³-hybridized carbons (Fsp3) is 0.182. The van der Waals surface area contributed by atoms with Crippen molar-refractivity contribution in [2.45, 2.75) is 0 Å². The van der Waals surface area contributed by atoms with Crippen LogP contribution in [0, 0.1) is 0 Å². The molecule has 0 amide bonds. The van der Waals surface area contributed by atoms with Gasteiger partial charge in [-0.25, -0.2) is 4.79 Å². The first-order chi connectivity index (χ1) is 8.18. The lowest BCUT2D eigenvalue weighted by Crippen LogP contribution is -2.18. The van der Waals surface area contributed by atoms with E-state index in [9.17, 15) is 4.79 Å². The van der Waals surface area contributed by atoms with Crippen LogP contribution in [-0.4, -0.2) is 33.7 Å². The van der Waals surface area contributed by atoms with E-state index in [1.807, 2.05) is 37.2 Å². The highest BCUT2D eigenvalue weighted by atomic mass is 16.1. The Labute approximate surface area is 96.5 Å². The van der Waals surface area contributed by atoms with Gasteiger partial charge in [-0.15, -0.1) is 0 Å². The van der Waals surface area contributed by atoms with Gasteiger partial charge >= 0.3 is 5.69 Å². The van der Waals surface area contributed by atoms with Crippen molar-refractivity contribution < 1.29 is 0 Å². The summed E-state index contributed by atoms with van der Waals surface area (Å²) in [6.07, 6.45) is 1.49. The SMILES string of the molecule is CN(C)c1cccc2nc(=O)n3nc[nH]c3c12. The van der Waals surface area contributed by atoms with E-state index in [0.29, 0.717) is 11.2 Å². The molecular weight excluding hydrogens is 218 g/mol. The second-order valence-electron chi connectivity index (χ2n) is 4.01. The van der Waals surface area contributed by atoms with Gasteiger partial charge in [0, 0.05) is 19.8 Å². The lowest BCUT2D eigenvalue weighted by atomic mass is 10.2. The molecule has 1 aromatic carbocycles. The van der Waals surface area contributed by atoms with Crippen LogP contribution in [0.5, 0.6) is 0 Å². The highest BCUT2D eigenvalue weighted by Gasteiger charge is 2.11. The maximum absolute atomic E-state index is 11.7. The first-order valence-electron chi connectivity index (χ1n) is 5.21. The molecule has 0 saturated carbocycles. The first kappa shape index (κ1) is 9.83. The molecule has 17 heavy (non-hydrogen) atoms. The maximum atomic E-state index is 11.7. The van der Waals surface area contributed by atoms with Crippen LogP contribution < -0.4 is 10.6 Å². The minimum absolute atomic E-state index is 0.371. The summed E-state index contributed by atoms with van der Waals surface area (Å²) in [7, 11) is 3.90. The van der Waals surface area contributed by atoms with Gasteiger partial charge in [0.1, 0.15) is 12.0 Å². The highest BCUT2D eigenvalue weighted by Crippen LogP contribution is 2.25. The molecule has 1 N–H and O–H groups in total. The van der Waals surface area contributed by atoms with Gasteiger partial charge in [-0.2, -0.15) is 14.6 Å². The first-order valence-corrected chi connectivity index (χ1v) is 5.21. The van der Waals surface area contributed by atoms with Crippen molar-refractivity contribution in [3.05, 3.63) is 35.0 Å². The van der Waals surface area contributed by atoms with Gasteiger partial charge < -0.3 is 9.88 Å². The van der Waals surface area contributed by atoms with E-state index in [2.05, 4.69) is 15.1 Å². The molecule has 0 unspecified atom stereocenters. The molecule has 0 aliphatic rings. The molecule has 2 aromatic heterocycles. The highest BCUT2D eigenvalue weighted by molar-refractivity contribution is 6.01. The molecule has 3 rings (SSSR count). The number of fused-ring (bicyclic) bond motifs is 3. The molecule has 0 saturated heterocycles. The van der Waals surface area contributed by atoms with Gasteiger partial charge in [-0.05, 0) is 12.1 Å². The number of hydrogen-bond acceptors (Lipinski definition) is 4. The lowest BCUT2D eigenvalue weighted by molar-refractivity contribution is 0.881. The van der Waals surface area contributed by atoms with E-state index in [4.69, 9.17) is 0 Å². The minimum Gasteiger partial charge on any atom is -0.377 e. The Hall–Kier alpha value is -2.37. The van der Waals surface area contributed by atoms with Crippen molar-refractivity contribution in [2.75, 3.05) is 19.0 Å². The zero-order valence-electron chi connectivity index (χ0n) is 9.51. The van der Waals surface area contributed by atoms with E-state index >= 15 is 0 Å². The summed E-state index contributed by atoms with van der Waals surface area (Å²) in [5.74, 6) is 0. The standard InChI is InChI=1S/C11H11N5O/c1-15(2)8-5-3-4-7-9(8)10-12-6-13-16(10)11(17)14-7/h3-6H,1-2H3,(H,12,13).